The molecule has 0 aromatic heterocycles. The third kappa shape index (κ3) is 1.91. The molecule has 0 saturated carbocycles. The third-order valence-corrected chi connectivity index (χ3v) is 3.34. The van der Waals surface area contributed by atoms with Gasteiger partial charge in [-0.05, 0) is 31.8 Å². The molecule has 0 bridgehead atoms. The Balaban J connectivity index is 1.86. The number of nitrogens with zero attached hydrogens (tertiary/aromatic N) is 1. The molecule has 2 saturated heterocycles. The fourth-order valence-electron chi connectivity index (χ4n) is 2.35. The maximum atomic E-state index is 12.0. The van der Waals surface area contributed by atoms with Gasteiger partial charge in [-0.25, -0.2) is 0 Å². The highest BCUT2D eigenvalue weighted by Crippen LogP contribution is 2.19. The zero-order valence-corrected chi connectivity index (χ0v) is 8.54. The van der Waals surface area contributed by atoms with Crippen LogP contribution in [-0.4, -0.2) is 43.5 Å². The number of amides is 1. The summed E-state index contributed by atoms with van der Waals surface area (Å²) in [5.41, 5.74) is 5.60. The Hall–Kier alpha value is -0.610. The maximum Gasteiger partial charge on any atom is 0.227 e. The van der Waals surface area contributed by atoms with Gasteiger partial charge in [0.05, 0.1) is 5.92 Å². The topological polar surface area (TPSA) is 58.4 Å². The van der Waals surface area contributed by atoms with Crippen LogP contribution in [0.25, 0.3) is 0 Å². The van der Waals surface area contributed by atoms with E-state index in [2.05, 4.69) is 5.32 Å². The minimum atomic E-state index is 0.228. The van der Waals surface area contributed by atoms with Crippen molar-refractivity contribution in [2.24, 2.45) is 17.6 Å². The maximum absolute atomic E-state index is 12.0. The van der Waals surface area contributed by atoms with Crippen molar-refractivity contribution >= 4 is 5.91 Å². The average molecular weight is 197 g/mol. The molecule has 0 aromatic rings. The highest BCUT2D eigenvalue weighted by Gasteiger charge is 2.31. The predicted molar refractivity (Wildman–Crippen MR) is 54.7 cm³/mol. The lowest BCUT2D eigenvalue weighted by atomic mass is 10.1. The number of carbonyl (C=O) groups excluding carboxylic acids is 1. The lowest BCUT2D eigenvalue weighted by Gasteiger charge is -2.19. The number of nitrogens with one attached hydrogen (secondary N) is 1. The first-order valence-corrected chi connectivity index (χ1v) is 5.51. The number of hydrogen-bond acceptors (Lipinski definition) is 3. The first-order chi connectivity index (χ1) is 6.81. The molecule has 4 heteroatoms. The average Bonchev–Trinajstić information content (AvgIpc) is 2.88. The van der Waals surface area contributed by atoms with Crippen molar-refractivity contribution in [2.75, 3.05) is 32.7 Å². The summed E-state index contributed by atoms with van der Waals surface area (Å²) in [6, 6.07) is 0. The summed E-state index contributed by atoms with van der Waals surface area (Å²) in [6.45, 7) is 4.36. The second-order valence-electron chi connectivity index (χ2n) is 4.36. The number of rotatable bonds is 2. The second kappa shape index (κ2) is 4.28. The molecule has 80 valence electrons. The van der Waals surface area contributed by atoms with Gasteiger partial charge in [0.15, 0.2) is 0 Å². The minimum absolute atomic E-state index is 0.228. The predicted octanol–water partition coefficient (Wildman–Crippen LogP) is -0.597. The highest BCUT2D eigenvalue weighted by atomic mass is 16.2. The van der Waals surface area contributed by atoms with Crippen LogP contribution in [0.1, 0.15) is 12.8 Å². The van der Waals surface area contributed by atoms with Crippen molar-refractivity contribution in [3.63, 3.8) is 0 Å². The van der Waals surface area contributed by atoms with Gasteiger partial charge in [-0.15, -0.1) is 0 Å². The lowest BCUT2D eigenvalue weighted by Crippen LogP contribution is -2.35. The van der Waals surface area contributed by atoms with Crippen LogP contribution in [0.4, 0.5) is 0 Å². The van der Waals surface area contributed by atoms with E-state index in [1.807, 2.05) is 4.90 Å². The van der Waals surface area contributed by atoms with Gasteiger partial charge in [0.25, 0.3) is 0 Å². The molecule has 14 heavy (non-hydrogen) atoms. The van der Waals surface area contributed by atoms with Crippen molar-refractivity contribution in [1.29, 1.82) is 0 Å². The van der Waals surface area contributed by atoms with Gasteiger partial charge in [0.2, 0.25) is 5.91 Å². The van der Waals surface area contributed by atoms with Crippen LogP contribution in [-0.2, 0) is 4.79 Å². The second-order valence-corrected chi connectivity index (χ2v) is 4.36. The molecule has 1 amide bonds. The molecule has 2 heterocycles. The van der Waals surface area contributed by atoms with Crippen molar-refractivity contribution in [3.05, 3.63) is 0 Å². The van der Waals surface area contributed by atoms with Crippen LogP contribution >= 0.6 is 0 Å². The Morgan fingerprint density at radius 3 is 2.93 bits per heavy atom. The Morgan fingerprint density at radius 1 is 1.50 bits per heavy atom. The smallest absolute Gasteiger partial charge is 0.227 e. The van der Waals surface area contributed by atoms with Gasteiger partial charge in [-0.1, -0.05) is 0 Å². The van der Waals surface area contributed by atoms with Crippen molar-refractivity contribution in [1.82, 2.24) is 10.2 Å². The third-order valence-electron chi connectivity index (χ3n) is 3.34. The Labute approximate surface area is 84.8 Å². The standard InChI is InChI=1S/C10H19N3O/c11-5-8-2-4-13(7-8)10(14)9-1-3-12-6-9/h8-9,12H,1-7,11H2. The number of carbonyl (C=O) groups is 1. The van der Waals surface area contributed by atoms with Gasteiger partial charge in [-0.3, -0.25) is 4.79 Å². The zero-order chi connectivity index (χ0) is 9.97. The van der Waals surface area contributed by atoms with Crippen molar-refractivity contribution in [2.45, 2.75) is 12.8 Å². The van der Waals surface area contributed by atoms with E-state index in [4.69, 9.17) is 5.73 Å². The quantitative estimate of drug-likeness (QED) is 0.621. The molecule has 4 nitrogen and oxygen atoms in total. The molecule has 2 unspecified atom stereocenters. The van der Waals surface area contributed by atoms with E-state index in [0.717, 1.165) is 39.0 Å². The van der Waals surface area contributed by atoms with E-state index in [0.29, 0.717) is 18.4 Å². The van der Waals surface area contributed by atoms with E-state index in [1.165, 1.54) is 0 Å². The largest absolute Gasteiger partial charge is 0.342 e. The monoisotopic (exact) mass is 197 g/mol. The summed E-state index contributed by atoms with van der Waals surface area (Å²) in [5, 5.41) is 3.23. The van der Waals surface area contributed by atoms with Crippen LogP contribution in [0, 0.1) is 11.8 Å². The molecule has 0 radical (unpaired) electrons. The van der Waals surface area contributed by atoms with Crippen LogP contribution in [0.2, 0.25) is 0 Å². The van der Waals surface area contributed by atoms with Gasteiger partial charge in [0, 0.05) is 19.6 Å². The van der Waals surface area contributed by atoms with E-state index in [9.17, 15) is 4.79 Å². The van der Waals surface area contributed by atoms with E-state index >= 15 is 0 Å². The summed E-state index contributed by atoms with van der Waals surface area (Å²) >= 11 is 0. The Morgan fingerprint density at radius 2 is 2.36 bits per heavy atom. The van der Waals surface area contributed by atoms with E-state index < -0.39 is 0 Å². The number of nitrogens with two attached hydrogens (primary N) is 1. The first kappa shape index (κ1) is 9.93. The fraction of sp³-hybridized carbons (Fsp3) is 0.900. The van der Waals surface area contributed by atoms with Crippen LogP contribution < -0.4 is 11.1 Å². The van der Waals surface area contributed by atoms with E-state index in [-0.39, 0.29) is 5.92 Å². The fourth-order valence-corrected chi connectivity index (χ4v) is 2.35. The molecular formula is C10H19N3O. The molecule has 2 fully saturated rings. The molecule has 2 aliphatic heterocycles. The SMILES string of the molecule is NCC1CCN(C(=O)C2CCNC2)C1. The number of likely N-dealkylation sites (tertiary alicyclic amines) is 1. The van der Waals surface area contributed by atoms with Crippen LogP contribution in [0.5, 0.6) is 0 Å². The van der Waals surface area contributed by atoms with E-state index in [1.54, 1.807) is 0 Å². The lowest BCUT2D eigenvalue weighted by molar-refractivity contribution is -0.133. The van der Waals surface area contributed by atoms with Crippen molar-refractivity contribution < 1.29 is 4.79 Å². The molecular weight excluding hydrogens is 178 g/mol. The van der Waals surface area contributed by atoms with Crippen molar-refractivity contribution in [3.8, 4) is 0 Å². The molecule has 2 rings (SSSR count). The summed E-state index contributed by atoms with van der Waals surface area (Å²) in [5.74, 6) is 1.10. The molecule has 3 N–H and O–H groups in total. The highest BCUT2D eigenvalue weighted by molar-refractivity contribution is 5.79. The van der Waals surface area contributed by atoms with Gasteiger partial charge in [0.1, 0.15) is 0 Å². The molecule has 0 spiro atoms. The molecule has 0 aliphatic carbocycles. The molecule has 2 atom stereocenters. The normalized spacial score (nSPS) is 32.5. The minimum Gasteiger partial charge on any atom is -0.342 e. The summed E-state index contributed by atoms with van der Waals surface area (Å²) < 4.78 is 0. The summed E-state index contributed by atoms with van der Waals surface area (Å²) in [6.07, 6.45) is 2.09. The zero-order valence-electron chi connectivity index (χ0n) is 8.54. The Bertz CT molecular complexity index is 213. The summed E-state index contributed by atoms with van der Waals surface area (Å²) in [7, 11) is 0. The molecule has 2 aliphatic rings. The first-order valence-electron chi connectivity index (χ1n) is 5.51. The van der Waals surface area contributed by atoms with Crippen LogP contribution in [0.3, 0.4) is 0 Å². The number of hydrogen-bond donors (Lipinski definition) is 2. The Kier molecular flexibility index (Phi) is 3.03. The van der Waals surface area contributed by atoms with Gasteiger partial charge >= 0.3 is 0 Å². The van der Waals surface area contributed by atoms with Gasteiger partial charge in [-0.2, -0.15) is 0 Å². The van der Waals surface area contributed by atoms with Crippen LogP contribution in [0.15, 0.2) is 0 Å². The van der Waals surface area contributed by atoms with Gasteiger partial charge < -0.3 is 16.0 Å². The summed E-state index contributed by atoms with van der Waals surface area (Å²) in [4.78, 5) is 13.9. The molecule has 0 aromatic carbocycles.